The van der Waals surface area contributed by atoms with Crippen molar-refractivity contribution >= 4 is 11.7 Å². The van der Waals surface area contributed by atoms with Crippen LogP contribution < -0.4 is 10.6 Å². The smallest absolute Gasteiger partial charge is 0.167 e. The highest BCUT2D eigenvalue weighted by atomic mass is 16.5. The van der Waals surface area contributed by atoms with Crippen molar-refractivity contribution in [2.24, 2.45) is 9.98 Å². The summed E-state index contributed by atoms with van der Waals surface area (Å²) >= 11 is 0. The predicted molar refractivity (Wildman–Crippen MR) is 106 cm³/mol. The Hall–Kier alpha value is -3.41. The summed E-state index contributed by atoms with van der Waals surface area (Å²) in [6.07, 6.45) is 0. The van der Waals surface area contributed by atoms with Gasteiger partial charge in [0.1, 0.15) is 17.4 Å². The maximum absolute atomic E-state index is 5.61. The largest absolute Gasteiger partial charge is 0.368 e. The van der Waals surface area contributed by atoms with Gasteiger partial charge in [-0.15, -0.1) is 0 Å². The Labute approximate surface area is 157 Å². The maximum atomic E-state index is 5.61. The monoisotopic (exact) mass is 357 g/mol. The number of rotatable bonds is 4. The molecule has 3 aromatic rings. The van der Waals surface area contributed by atoms with Gasteiger partial charge < -0.3 is 15.2 Å². The first-order valence-corrected chi connectivity index (χ1v) is 9.12. The normalized spacial score (nSPS) is 15.9. The summed E-state index contributed by atoms with van der Waals surface area (Å²) in [4.78, 5) is 8.93. The molecule has 0 radical (unpaired) electrons. The third kappa shape index (κ3) is 3.10. The molecule has 0 bridgehead atoms. The van der Waals surface area contributed by atoms with Gasteiger partial charge in [0, 0.05) is 41.4 Å². The Balaban J connectivity index is 1.40. The first-order valence-electron chi connectivity index (χ1n) is 9.12. The molecule has 2 aromatic carbocycles. The van der Waals surface area contributed by atoms with Crippen LogP contribution in [0.1, 0.15) is 11.1 Å². The number of aliphatic imine (C=N–C) groups is 2. The highest BCUT2D eigenvalue weighted by molar-refractivity contribution is 6.01. The Kier molecular flexibility index (Phi) is 3.93. The molecule has 2 N–H and O–H groups in total. The van der Waals surface area contributed by atoms with E-state index in [-0.39, 0.29) is 0 Å². The van der Waals surface area contributed by atoms with Crippen molar-refractivity contribution in [3.8, 4) is 22.6 Å². The molecule has 2 aliphatic rings. The zero-order valence-electron chi connectivity index (χ0n) is 14.8. The summed E-state index contributed by atoms with van der Waals surface area (Å²) in [5.74, 6) is 2.65. The highest BCUT2D eigenvalue weighted by Crippen LogP contribution is 2.27. The fraction of sp³-hybridized carbons (Fsp3) is 0.190. The number of amidine groups is 2. The maximum Gasteiger partial charge on any atom is 0.167 e. The van der Waals surface area contributed by atoms with Crippen LogP contribution in [0.25, 0.3) is 22.6 Å². The summed E-state index contributed by atoms with van der Waals surface area (Å²) in [5, 5.41) is 10.8. The van der Waals surface area contributed by atoms with Crippen molar-refractivity contribution in [1.29, 1.82) is 0 Å². The number of aromatic nitrogens is 1. The van der Waals surface area contributed by atoms with Crippen LogP contribution in [0, 0.1) is 0 Å². The van der Waals surface area contributed by atoms with Gasteiger partial charge in [0.15, 0.2) is 5.76 Å². The molecule has 27 heavy (non-hydrogen) atoms. The lowest BCUT2D eigenvalue weighted by Gasteiger charge is -2.03. The molecular formula is C21H19N5O. The zero-order valence-corrected chi connectivity index (χ0v) is 14.8. The molecule has 0 amide bonds. The van der Waals surface area contributed by atoms with Crippen molar-refractivity contribution in [3.63, 3.8) is 0 Å². The Bertz CT molecular complexity index is 1030. The average molecular weight is 357 g/mol. The van der Waals surface area contributed by atoms with Gasteiger partial charge in [-0.2, -0.15) is 0 Å². The Morgan fingerprint density at radius 1 is 0.704 bits per heavy atom. The van der Waals surface area contributed by atoms with Gasteiger partial charge in [-0.25, -0.2) is 0 Å². The van der Waals surface area contributed by atoms with E-state index < -0.39 is 0 Å². The summed E-state index contributed by atoms with van der Waals surface area (Å²) in [7, 11) is 0. The van der Waals surface area contributed by atoms with E-state index in [4.69, 9.17) is 4.52 Å². The van der Waals surface area contributed by atoms with Crippen molar-refractivity contribution in [2.75, 3.05) is 26.2 Å². The van der Waals surface area contributed by atoms with E-state index in [9.17, 15) is 0 Å². The average Bonchev–Trinajstić information content (AvgIpc) is 3.51. The molecule has 1 aromatic heterocycles. The molecule has 6 nitrogen and oxygen atoms in total. The van der Waals surface area contributed by atoms with E-state index in [0.717, 1.165) is 71.6 Å². The number of nitrogens with one attached hydrogen (secondary N) is 2. The Morgan fingerprint density at radius 2 is 1.37 bits per heavy atom. The lowest BCUT2D eigenvalue weighted by atomic mass is 10.1. The molecule has 6 heteroatoms. The summed E-state index contributed by atoms with van der Waals surface area (Å²) in [6, 6.07) is 18.4. The molecule has 5 rings (SSSR count). The fourth-order valence-corrected chi connectivity index (χ4v) is 3.35. The van der Waals surface area contributed by atoms with E-state index in [0.29, 0.717) is 0 Å². The minimum Gasteiger partial charge on any atom is -0.368 e. The van der Waals surface area contributed by atoms with E-state index in [1.807, 2.05) is 30.3 Å². The van der Waals surface area contributed by atoms with Crippen molar-refractivity contribution in [2.45, 2.75) is 0 Å². The number of nitrogens with zero attached hydrogens (tertiary/aromatic N) is 3. The van der Waals surface area contributed by atoms with Gasteiger partial charge in [0.05, 0.1) is 13.1 Å². The van der Waals surface area contributed by atoms with Gasteiger partial charge in [-0.05, 0) is 6.07 Å². The van der Waals surface area contributed by atoms with Crippen LogP contribution in [-0.2, 0) is 0 Å². The van der Waals surface area contributed by atoms with Crippen LogP contribution in [0.2, 0.25) is 0 Å². The second-order valence-corrected chi connectivity index (χ2v) is 6.55. The molecule has 0 saturated heterocycles. The van der Waals surface area contributed by atoms with E-state index in [1.54, 1.807) is 0 Å². The van der Waals surface area contributed by atoms with E-state index >= 15 is 0 Å². The standard InChI is InChI=1S/C21H19N5O/c1-2-16(12-17(3-1)21-24-10-11-25-21)19-13-18(26-27-19)14-4-6-15(7-5-14)20-22-8-9-23-20/h1-7,12-13H,8-11H2,(H,22,23)(H,24,25). The zero-order chi connectivity index (χ0) is 18.1. The first-order chi connectivity index (χ1) is 13.4. The molecule has 0 fully saturated rings. The first kappa shape index (κ1) is 15.8. The van der Waals surface area contributed by atoms with Crippen molar-refractivity contribution in [3.05, 3.63) is 65.7 Å². The predicted octanol–water partition coefficient (Wildman–Crippen LogP) is 2.71. The minimum atomic E-state index is 0.747. The van der Waals surface area contributed by atoms with Gasteiger partial charge in [0.2, 0.25) is 0 Å². The third-order valence-electron chi connectivity index (χ3n) is 4.73. The SMILES string of the molecule is c1cc(C2=NCCN2)cc(-c2cc(-c3ccc(C4=NCCN4)cc3)no2)c1. The summed E-state index contributed by atoms with van der Waals surface area (Å²) in [6.45, 7) is 3.46. The minimum absolute atomic E-state index is 0.747. The molecule has 3 heterocycles. The molecule has 0 aliphatic carbocycles. The van der Waals surface area contributed by atoms with E-state index in [1.165, 1.54) is 0 Å². The second kappa shape index (κ2) is 6.72. The lowest BCUT2D eigenvalue weighted by molar-refractivity contribution is 0.435. The number of hydrogen-bond acceptors (Lipinski definition) is 6. The second-order valence-electron chi connectivity index (χ2n) is 6.55. The highest BCUT2D eigenvalue weighted by Gasteiger charge is 2.13. The lowest BCUT2D eigenvalue weighted by Crippen LogP contribution is -2.19. The number of hydrogen-bond donors (Lipinski definition) is 2. The van der Waals surface area contributed by atoms with E-state index in [2.05, 4.69) is 50.0 Å². The topological polar surface area (TPSA) is 74.8 Å². The Morgan fingerprint density at radius 3 is 2.07 bits per heavy atom. The summed E-state index contributed by atoms with van der Waals surface area (Å²) < 4.78 is 5.61. The number of benzene rings is 2. The van der Waals surface area contributed by atoms with Crippen molar-refractivity contribution < 1.29 is 4.52 Å². The van der Waals surface area contributed by atoms with Gasteiger partial charge >= 0.3 is 0 Å². The quantitative estimate of drug-likeness (QED) is 0.753. The molecule has 2 aliphatic heterocycles. The van der Waals surface area contributed by atoms with Crippen LogP contribution >= 0.6 is 0 Å². The third-order valence-corrected chi connectivity index (χ3v) is 4.73. The van der Waals surface area contributed by atoms with Gasteiger partial charge in [0.25, 0.3) is 0 Å². The molecule has 0 spiro atoms. The van der Waals surface area contributed by atoms with Crippen LogP contribution in [-0.4, -0.2) is 43.0 Å². The summed E-state index contributed by atoms with van der Waals surface area (Å²) in [5.41, 5.74) is 4.99. The molecule has 134 valence electrons. The molecule has 0 atom stereocenters. The van der Waals surface area contributed by atoms with Crippen LogP contribution in [0.5, 0.6) is 0 Å². The van der Waals surface area contributed by atoms with Gasteiger partial charge in [-0.1, -0.05) is 47.6 Å². The van der Waals surface area contributed by atoms with Crippen LogP contribution in [0.4, 0.5) is 0 Å². The molecule has 0 unspecified atom stereocenters. The van der Waals surface area contributed by atoms with Crippen LogP contribution in [0.15, 0.2) is 69.1 Å². The molecule has 0 saturated carbocycles. The molecular weight excluding hydrogens is 338 g/mol. The van der Waals surface area contributed by atoms with Crippen LogP contribution in [0.3, 0.4) is 0 Å². The fourth-order valence-electron chi connectivity index (χ4n) is 3.35. The van der Waals surface area contributed by atoms with Gasteiger partial charge in [-0.3, -0.25) is 9.98 Å². The van der Waals surface area contributed by atoms with Crippen molar-refractivity contribution in [1.82, 2.24) is 15.8 Å².